The quantitative estimate of drug-likeness (QED) is 0.790. The second-order valence-corrected chi connectivity index (χ2v) is 5.97. The molecule has 1 aliphatic rings. The molecule has 1 aromatic heterocycles. The van der Waals surface area contributed by atoms with Crippen molar-refractivity contribution in [3.8, 4) is 6.07 Å². The zero-order valence-corrected chi connectivity index (χ0v) is 12.7. The average molecular weight is 288 g/mol. The second-order valence-electron chi connectivity index (χ2n) is 5.97. The average Bonchev–Trinajstić information content (AvgIpc) is 2.46. The fraction of sp³-hybridized carbons (Fsp3) is 0.533. The van der Waals surface area contributed by atoms with E-state index in [0.717, 1.165) is 5.82 Å². The molecular formula is C15H20N4O2. The molecule has 0 aromatic carbocycles. The minimum Gasteiger partial charge on any atom is -0.444 e. The SMILES string of the molecule is CC(C)(C)OC(=O)N1CCN(c2cc(C#N)ccn2)CC1. The molecule has 0 spiro atoms. The van der Waals surface area contributed by atoms with Crippen molar-refractivity contribution in [3.63, 3.8) is 0 Å². The van der Waals surface area contributed by atoms with Crippen LogP contribution in [0.1, 0.15) is 26.3 Å². The topological polar surface area (TPSA) is 69.5 Å². The molecule has 1 aromatic rings. The van der Waals surface area contributed by atoms with Crippen LogP contribution >= 0.6 is 0 Å². The van der Waals surface area contributed by atoms with Gasteiger partial charge < -0.3 is 14.5 Å². The van der Waals surface area contributed by atoms with Crippen LogP contribution in [-0.2, 0) is 4.74 Å². The van der Waals surface area contributed by atoms with Crippen LogP contribution in [0.25, 0.3) is 0 Å². The van der Waals surface area contributed by atoms with Crippen molar-refractivity contribution in [2.75, 3.05) is 31.1 Å². The molecule has 0 unspecified atom stereocenters. The van der Waals surface area contributed by atoms with Gasteiger partial charge in [0, 0.05) is 32.4 Å². The van der Waals surface area contributed by atoms with Gasteiger partial charge in [-0.15, -0.1) is 0 Å². The van der Waals surface area contributed by atoms with Gasteiger partial charge in [-0.2, -0.15) is 5.26 Å². The third-order valence-electron chi connectivity index (χ3n) is 3.13. The van der Waals surface area contributed by atoms with Crippen LogP contribution in [0.4, 0.5) is 10.6 Å². The number of piperazine rings is 1. The lowest BCUT2D eigenvalue weighted by molar-refractivity contribution is 0.0240. The van der Waals surface area contributed by atoms with Gasteiger partial charge in [-0.05, 0) is 32.9 Å². The molecule has 21 heavy (non-hydrogen) atoms. The number of nitrogens with zero attached hydrogens (tertiary/aromatic N) is 4. The zero-order valence-electron chi connectivity index (χ0n) is 12.7. The molecule has 2 heterocycles. The maximum Gasteiger partial charge on any atom is 0.410 e. The summed E-state index contributed by atoms with van der Waals surface area (Å²) in [5, 5.41) is 8.92. The highest BCUT2D eigenvalue weighted by molar-refractivity contribution is 5.68. The number of ether oxygens (including phenoxy) is 1. The van der Waals surface area contributed by atoms with E-state index >= 15 is 0 Å². The Morgan fingerprint density at radius 3 is 2.57 bits per heavy atom. The van der Waals surface area contributed by atoms with Gasteiger partial charge in [-0.1, -0.05) is 0 Å². The Labute approximate surface area is 124 Å². The van der Waals surface area contributed by atoms with Crippen LogP contribution in [0, 0.1) is 11.3 Å². The molecule has 6 nitrogen and oxygen atoms in total. The molecule has 6 heteroatoms. The highest BCUT2D eigenvalue weighted by Gasteiger charge is 2.26. The standard InChI is InChI=1S/C15H20N4O2/c1-15(2,3)21-14(20)19-8-6-18(7-9-19)13-10-12(11-16)4-5-17-13/h4-5,10H,6-9H2,1-3H3. The van der Waals surface area contributed by atoms with Gasteiger partial charge in [0.2, 0.25) is 0 Å². The summed E-state index contributed by atoms with van der Waals surface area (Å²) in [5.74, 6) is 0.776. The lowest BCUT2D eigenvalue weighted by Crippen LogP contribution is -2.50. The van der Waals surface area contributed by atoms with E-state index in [1.165, 1.54) is 0 Å². The number of rotatable bonds is 1. The lowest BCUT2D eigenvalue weighted by atomic mass is 10.2. The second kappa shape index (κ2) is 6.00. The number of nitriles is 1. The summed E-state index contributed by atoms with van der Waals surface area (Å²) in [6.07, 6.45) is 1.36. The predicted octanol–water partition coefficient (Wildman–Crippen LogP) is 2.01. The minimum atomic E-state index is -0.475. The fourth-order valence-corrected chi connectivity index (χ4v) is 2.11. The van der Waals surface area contributed by atoms with Gasteiger partial charge in [0.1, 0.15) is 11.4 Å². The smallest absolute Gasteiger partial charge is 0.410 e. The lowest BCUT2D eigenvalue weighted by Gasteiger charge is -2.36. The Balaban J connectivity index is 1.94. The van der Waals surface area contributed by atoms with E-state index in [9.17, 15) is 4.79 Å². The molecule has 0 N–H and O–H groups in total. The molecular weight excluding hydrogens is 268 g/mol. The summed E-state index contributed by atoms with van der Waals surface area (Å²) in [6.45, 7) is 8.12. The largest absolute Gasteiger partial charge is 0.444 e. The van der Waals surface area contributed by atoms with Crippen LogP contribution in [0.2, 0.25) is 0 Å². The predicted molar refractivity (Wildman–Crippen MR) is 79.0 cm³/mol. The third-order valence-corrected chi connectivity index (χ3v) is 3.13. The molecule has 0 aliphatic carbocycles. The summed E-state index contributed by atoms with van der Waals surface area (Å²) < 4.78 is 5.36. The Bertz CT molecular complexity index is 552. The van der Waals surface area contributed by atoms with Gasteiger partial charge in [0.05, 0.1) is 11.6 Å². The van der Waals surface area contributed by atoms with Crippen molar-refractivity contribution in [3.05, 3.63) is 23.9 Å². The highest BCUT2D eigenvalue weighted by Crippen LogP contribution is 2.16. The zero-order chi connectivity index (χ0) is 15.5. The van der Waals surface area contributed by atoms with Crippen molar-refractivity contribution in [1.29, 1.82) is 5.26 Å². The van der Waals surface area contributed by atoms with Crippen molar-refractivity contribution < 1.29 is 9.53 Å². The molecule has 0 bridgehead atoms. The monoisotopic (exact) mass is 288 g/mol. The molecule has 0 saturated carbocycles. The van der Waals surface area contributed by atoms with Gasteiger partial charge in [0.25, 0.3) is 0 Å². The van der Waals surface area contributed by atoms with E-state index in [4.69, 9.17) is 10.00 Å². The Kier molecular flexibility index (Phi) is 4.32. The first kappa shape index (κ1) is 15.1. The number of hydrogen-bond acceptors (Lipinski definition) is 5. The maximum atomic E-state index is 12.0. The van der Waals surface area contributed by atoms with Crippen LogP contribution in [-0.4, -0.2) is 47.8 Å². The van der Waals surface area contributed by atoms with Crippen LogP contribution < -0.4 is 4.90 Å². The highest BCUT2D eigenvalue weighted by atomic mass is 16.6. The van der Waals surface area contributed by atoms with E-state index in [2.05, 4.69) is 16.0 Å². The number of amides is 1. The van der Waals surface area contributed by atoms with Crippen LogP contribution in [0.15, 0.2) is 18.3 Å². The molecule has 1 saturated heterocycles. The van der Waals surface area contributed by atoms with E-state index in [0.29, 0.717) is 31.7 Å². The Morgan fingerprint density at radius 2 is 2.00 bits per heavy atom. The molecule has 1 aliphatic heterocycles. The summed E-state index contributed by atoms with van der Waals surface area (Å²) in [5.41, 5.74) is 0.117. The summed E-state index contributed by atoms with van der Waals surface area (Å²) in [7, 11) is 0. The number of hydrogen-bond donors (Lipinski definition) is 0. The van der Waals surface area contributed by atoms with Gasteiger partial charge >= 0.3 is 6.09 Å². The van der Waals surface area contributed by atoms with E-state index < -0.39 is 5.60 Å². The molecule has 0 radical (unpaired) electrons. The fourth-order valence-electron chi connectivity index (χ4n) is 2.11. The number of pyridine rings is 1. The summed E-state index contributed by atoms with van der Waals surface area (Å²) in [6, 6.07) is 5.56. The summed E-state index contributed by atoms with van der Waals surface area (Å²) in [4.78, 5) is 20.0. The van der Waals surface area contributed by atoms with E-state index in [1.54, 1.807) is 23.2 Å². The number of aromatic nitrogens is 1. The van der Waals surface area contributed by atoms with Crippen molar-refractivity contribution in [1.82, 2.24) is 9.88 Å². The van der Waals surface area contributed by atoms with Crippen LogP contribution in [0.5, 0.6) is 0 Å². The van der Waals surface area contributed by atoms with Crippen LogP contribution in [0.3, 0.4) is 0 Å². The van der Waals surface area contributed by atoms with Crippen molar-refractivity contribution in [2.45, 2.75) is 26.4 Å². The molecule has 112 valence electrons. The molecule has 1 amide bonds. The molecule has 2 rings (SSSR count). The first-order valence-electron chi connectivity index (χ1n) is 6.98. The Morgan fingerprint density at radius 1 is 1.33 bits per heavy atom. The first-order chi connectivity index (χ1) is 9.89. The van der Waals surface area contributed by atoms with Gasteiger partial charge in [-0.3, -0.25) is 0 Å². The normalized spacial score (nSPS) is 15.5. The minimum absolute atomic E-state index is 0.277. The first-order valence-corrected chi connectivity index (χ1v) is 6.98. The van der Waals surface area contributed by atoms with Gasteiger partial charge in [0.15, 0.2) is 0 Å². The molecule has 1 fully saturated rings. The van der Waals surface area contributed by atoms with E-state index in [-0.39, 0.29) is 6.09 Å². The maximum absolute atomic E-state index is 12.0. The van der Waals surface area contributed by atoms with E-state index in [1.807, 2.05) is 20.8 Å². The molecule has 0 atom stereocenters. The van der Waals surface area contributed by atoms with Crippen molar-refractivity contribution >= 4 is 11.9 Å². The van der Waals surface area contributed by atoms with Crippen molar-refractivity contribution in [2.24, 2.45) is 0 Å². The number of carbonyl (C=O) groups excluding carboxylic acids is 1. The number of carbonyl (C=O) groups is 1. The Hall–Kier alpha value is -2.29. The van der Waals surface area contributed by atoms with Gasteiger partial charge in [-0.25, -0.2) is 9.78 Å². The summed E-state index contributed by atoms with van der Waals surface area (Å²) >= 11 is 0. The number of anilines is 1. The third kappa shape index (κ3) is 4.09.